The predicted molar refractivity (Wildman–Crippen MR) is 140 cm³/mol. The summed E-state index contributed by atoms with van der Waals surface area (Å²) >= 11 is 0. The van der Waals surface area contributed by atoms with E-state index in [1.807, 2.05) is 77.4 Å². The molecule has 5 heteroatoms. The number of ketones is 2. The molecule has 36 heavy (non-hydrogen) atoms. The van der Waals surface area contributed by atoms with Gasteiger partial charge < -0.3 is 4.42 Å². The van der Waals surface area contributed by atoms with Gasteiger partial charge in [0.25, 0.3) is 0 Å². The molecule has 5 nitrogen and oxygen atoms in total. The van der Waals surface area contributed by atoms with Crippen LogP contribution in [0.3, 0.4) is 0 Å². The maximum Gasteiger partial charge on any atom is 0.200 e. The zero-order chi connectivity index (χ0) is 24.2. The molecule has 5 aromatic rings. The van der Waals surface area contributed by atoms with E-state index in [0.717, 1.165) is 40.8 Å². The quantitative estimate of drug-likeness (QED) is 0.204. The van der Waals surface area contributed by atoms with E-state index < -0.39 is 0 Å². The zero-order valence-corrected chi connectivity index (χ0v) is 19.7. The second-order valence-electron chi connectivity index (χ2n) is 9.78. The van der Waals surface area contributed by atoms with Crippen molar-refractivity contribution < 1.29 is 14.0 Å². The van der Waals surface area contributed by atoms with Gasteiger partial charge in [-0.1, -0.05) is 61.7 Å². The van der Waals surface area contributed by atoms with Gasteiger partial charge in [-0.2, -0.15) is 4.98 Å². The van der Waals surface area contributed by atoms with Crippen LogP contribution in [0.2, 0.25) is 0 Å². The summed E-state index contributed by atoms with van der Waals surface area (Å²) in [6.07, 6.45) is 7.56. The SMILES string of the molecule is O=C1C(=Cc2cc3oc(C4CCCCC4)nc3n2-c2ccccc2)C(=O)c2cc3ccccc3cc21. The normalized spacial score (nSPS) is 16.3. The molecule has 0 amide bonds. The number of para-hydroxylation sites is 1. The highest BCUT2D eigenvalue weighted by molar-refractivity contribution is 6.42. The third-order valence-corrected chi connectivity index (χ3v) is 7.53. The molecule has 0 unspecified atom stereocenters. The van der Waals surface area contributed by atoms with Crippen LogP contribution in [0.1, 0.15) is 70.3 Å². The second-order valence-corrected chi connectivity index (χ2v) is 9.78. The molecule has 0 aliphatic heterocycles. The van der Waals surface area contributed by atoms with Crippen LogP contribution in [0, 0.1) is 0 Å². The van der Waals surface area contributed by atoms with E-state index >= 15 is 0 Å². The summed E-state index contributed by atoms with van der Waals surface area (Å²) in [5.74, 6) is 0.651. The lowest BCUT2D eigenvalue weighted by atomic mass is 9.89. The largest absolute Gasteiger partial charge is 0.439 e. The first-order valence-electron chi connectivity index (χ1n) is 12.6. The van der Waals surface area contributed by atoms with Gasteiger partial charge in [0.05, 0.1) is 11.3 Å². The number of oxazole rings is 1. The highest BCUT2D eigenvalue weighted by Gasteiger charge is 2.34. The molecule has 0 N–H and O–H groups in total. The Morgan fingerprint density at radius 1 is 0.806 bits per heavy atom. The molecular formula is C31H24N2O3. The van der Waals surface area contributed by atoms with Crippen LogP contribution in [0.4, 0.5) is 0 Å². The third kappa shape index (κ3) is 3.27. The Hall–Kier alpha value is -4.25. The van der Waals surface area contributed by atoms with Gasteiger partial charge in [0, 0.05) is 28.8 Å². The Morgan fingerprint density at radius 2 is 1.44 bits per heavy atom. The van der Waals surface area contributed by atoms with Crippen molar-refractivity contribution in [2.75, 3.05) is 0 Å². The van der Waals surface area contributed by atoms with E-state index in [-0.39, 0.29) is 17.1 Å². The summed E-state index contributed by atoms with van der Waals surface area (Å²) in [4.78, 5) is 31.7. The van der Waals surface area contributed by atoms with Gasteiger partial charge in [-0.05, 0) is 54.0 Å². The standard InChI is InChI=1S/C31H24N2O3/c34-28-24-15-20-11-7-8-12-21(20)16-25(24)29(35)26(28)17-23-18-27-30(33(23)22-13-5-2-6-14-22)32-31(36-27)19-9-3-1-4-10-19/h2,5-8,11-19H,1,3-4,9-10H2. The van der Waals surface area contributed by atoms with Crippen LogP contribution in [0.15, 0.2) is 82.8 Å². The second kappa shape index (κ2) is 8.16. The summed E-state index contributed by atoms with van der Waals surface area (Å²) < 4.78 is 8.24. The minimum atomic E-state index is -0.242. The van der Waals surface area contributed by atoms with Crippen molar-refractivity contribution in [3.8, 4) is 5.69 Å². The lowest BCUT2D eigenvalue weighted by Crippen LogP contribution is -2.06. The minimum absolute atomic E-state index is 0.171. The van der Waals surface area contributed by atoms with Crippen molar-refractivity contribution in [3.63, 3.8) is 0 Å². The predicted octanol–water partition coefficient (Wildman–Crippen LogP) is 7.28. The molecule has 0 atom stereocenters. The van der Waals surface area contributed by atoms with Crippen molar-refractivity contribution in [2.24, 2.45) is 0 Å². The van der Waals surface area contributed by atoms with E-state index in [9.17, 15) is 9.59 Å². The molecule has 176 valence electrons. The van der Waals surface area contributed by atoms with Gasteiger partial charge in [-0.3, -0.25) is 14.2 Å². The van der Waals surface area contributed by atoms with E-state index in [0.29, 0.717) is 28.3 Å². The molecule has 2 heterocycles. The molecule has 7 rings (SSSR count). The van der Waals surface area contributed by atoms with Gasteiger partial charge in [0.2, 0.25) is 0 Å². The van der Waals surface area contributed by atoms with Crippen molar-refractivity contribution in [3.05, 3.63) is 101 Å². The number of hydrogen-bond acceptors (Lipinski definition) is 4. The van der Waals surface area contributed by atoms with E-state index in [4.69, 9.17) is 9.40 Å². The Morgan fingerprint density at radius 3 is 2.11 bits per heavy atom. The van der Waals surface area contributed by atoms with Crippen LogP contribution in [-0.2, 0) is 0 Å². The molecule has 2 aliphatic carbocycles. The smallest absolute Gasteiger partial charge is 0.200 e. The Kier molecular flexibility index (Phi) is 4.78. The van der Waals surface area contributed by atoms with Gasteiger partial charge in [-0.15, -0.1) is 0 Å². The van der Waals surface area contributed by atoms with Crippen LogP contribution in [0.25, 0.3) is 33.8 Å². The number of nitrogens with zero attached hydrogens (tertiary/aromatic N) is 2. The molecule has 0 radical (unpaired) electrons. The topological polar surface area (TPSA) is 65.1 Å². The Bertz CT molecular complexity index is 1640. The summed E-state index contributed by atoms with van der Waals surface area (Å²) in [6, 6.07) is 23.2. The zero-order valence-electron chi connectivity index (χ0n) is 19.7. The Labute approximate surface area is 208 Å². The summed E-state index contributed by atoms with van der Waals surface area (Å²) in [5, 5.41) is 1.89. The van der Waals surface area contributed by atoms with E-state index in [1.165, 1.54) is 19.3 Å². The van der Waals surface area contributed by atoms with E-state index in [1.54, 1.807) is 6.08 Å². The van der Waals surface area contributed by atoms with Crippen molar-refractivity contribution in [2.45, 2.75) is 38.0 Å². The van der Waals surface area contributed by atoms with Crippen molar-refractivity contribution in [1.29, 1.82) is 0 Å². The molecule has 1 fully saturated rings. The van der Waals surface area contributed by atoms with Gasteiger partial charge >= 0.3 is 0 Å². The lowest BCUT2D eigenvalue weighted by Gasteiger charge is -2.17. The molecule has 2 aromatic heterocycles. The molecule has 3 aromatic carbocycles. The van der Waals surface area contributed by atoms with Gasteiger partial charge in [0.1, 0.15) is 0 Å². The molecule has 0 spiro atoms. The number of carbonyl (C=O) groups is 2. The van der Waals surface area contributed by atoms with Gasteiger partial charge in [0.15, 0.2) is 28.7 Å². The van der Waals surface area contributed by atoms with Crippen LogP contribution in [-0.4, -0.2) is 21.1 Å². The number of Topliss-reactive ketones (excluding diaryl/α,β-unsaturated/α-hetero) is 2. The summed E-state index contributed by atoms with van der Waals surface area (Å²) in [6.45, 7) is 0. The fourth-order valence-corrected chi connectivity index (χ4v) is 5.68. The molecule has 2 aliphatic rings. The molecule has 0 bridgehead atoms. The van der Waals surface area contributed by atoms with Crippen LogP contribution in [0.5, 0.6) is 0 Å². The fraction of sp³-hybridized carbons (Fsp3) is 0.194. The average molecular weight is 473 g/mol. The molecule has 0 saturated heterocycles. The van der Waals surface area contributed by atoms with Crippen molar-refractivity contribution >= 4 is 39.6 Å². The monoisotopic (exact) mass is 472 g/mol. The first-order valence-corrected chi connectivity index (χ1v) is 12.6. The number of aromatic nitrogens is 2. The first-order chi connectivity index (χ1) is 17.7. The lowest BCUT2D eigenvalue weighted by molar-refractivity contribution is 0.0990. The number of fused-ring (bicyclic) bond motifs is 3. The summed E-state index contributed by atoms with van der Waals surface area (Å²) in [7, 11) is 0. The average Bonchev–Trinajstić information content (AvgIpc) is 3.55. The first kappa shape index (κ1) is 21.1. The molecule has 1 saturated carbocycles. The van der Waals surface area contributed by atoms with E-state index in [2.05, 4.69) is 0 Å². The minimum Gasteiger partial charge on any atom is -0.439 e. The molecular weight excluding hydrogens is 448 g/mol. The highest BCUT2D eigenvalue weighted by atomic mass is 16.3. The number of hydrogen-bond donors (Lipinski definition) is 0. The number of allylic oxidation sites excluding steroid dienone is 1. The summed E-state index contributed by atoms with van der Waals surface area (Å²) in [5.41, 5.74) is 4.09. The van der Waals surface area contributed by atoms with Crippen LogP contribution < -0.4 is 0 Å². The number of rotatable bonds is 3. The van der Waals surface area contributed by atoms with Crippen molar-refractivity contribution in [1.82, 2.24) is 9.55 Å². The number of benzene rings is 3. The van der Waals surface area contributed by atoms with Crippen LogP contribution >= 0.6 is 0 Å². The van der Waals surface area contributed by atoms with Gasteiger partial charge in [-0.25, -0.2) is 0 Å². The third-order valence-electron chi connectivity index (χ3n) is 7.53. The maximum absolute atomic E-state index is 13.4. The fourth-order valence-electron chi connectivity index (χ4n) is 5.68. The maximum atomic E-state index is 13.4. The number of carbonyl (C=O) groups excluding carboxylic acids is 2. The Balaban J connectivity index is 1.37. The highest BCUT2D eigenvalue weighted by Crippen LogP contribution is 2.37.